The van der Waals surface area contributed by atoms with E-state index >= 15 is 0 Å². The third kappa shape index (κ3) is 2.75. The van der Waals surface area contributed by atoms with Gasteiger partial charge in [-0.2, -0.15) is 0 Å². The van der Waals surface area contributed by atoms with E-state index in [9.17, 15) is 9.60 Å². The molecular weight excluding hydrogens is 347 g/mol. The molecule has 5 rings (SSSR count). The summed E-state index contributed by atoms with van der Waals surface area (Å²) >= 11 is 0. The first-order valence-corrected chi connectivity index (χ1v) is 8.60. The van der Waals surface area contributed by atoms with E-state index in [0.29, 0.717) is 22.7 Å². The Morgan fingerprint density at radius 2 is 1.93 bits per heavy atom. The summed E-state index contributed by atoms with van der Waals surface area (Å²) in [5.74, 6) is -0.322. The SMILES string of the molecule is On1c(-c2c(-c3ccc(F)cc3)nc3cnccn23)ccnc1=NC1CC1. The predicted octanol–water partition coefficient (Wildman–Crippen LogP) is 2.70. The van der Waals surface area contributed by atoms with Gasteiger partial charge >= 0.3 is 0 Å². The zero-order valence-corrected chi connectivity index (χ0v) is 14.2. The number of hydrogen-bond donors (Lipinski definition) is 1. The molecule has 0 bridgehead atoms. The molecule has 27 heavy (non-hydrogen) atoms. The van der Waals surface area contributed by atoms with Crippen molar-refractivity contribution in [3.63, 3.8) is 0 Å². The highest BCUT2D eigenvalue weighted by Crippen LogP contribution is 2.31. The number of rotatable bonds is 3. The van der Waals surface area contributed by atoms with Crippen molar-refractivity contribution in [2.75, 3.05) is 0 Å². The summed E-state index contributed by atoms with van der Waals surface area (Å²) in [6.45, 7) is 0. The van der Waals surface area contributed by atoms with Crippen LogP contribution in [0.15, 0.2) is 60.1 Å². The molecule has 8 heteroatoms. The van der Waals surface area contributed by atoms with Gasteiger partial charge in [0.15, 0.2) is 5.65 Å². The summed E-state index contributed by atoms with van der Waals surface area (Å²) < 4.78 is 16.2. The minimum Gasteiger partial charge on any atom is -0.425 e. The van der Waals surface area contributed by atoms with Crippen molar-refractivity contribution >= 4 is 5.65 Å². The Kier molecular flexibility index (Phi) is 3.49. The van der Waals surface area contributed by atoms with Crippen molar-refractivity contribution in [1.82, 2.24) is 24.1 Å². The molecule has 0 radical (unpaired) electrons. The fraction of sp³-hybridized carbons (Fsp3) is 0.158. The molecule has 134 valence electrons. The highest BCUT2D eigenvalue weighted by molar-refractivity contribution is 5.80. The van der Waals surface area contributed by atoms with Gasteiger partial charge in [-0.3, -0.25) is 9.38 Å². The Labute approximate surface area is 153 Å². The summed E-state index contributed by atoms with van der Waals surface area (Å²) in [6.07, 6.45) is 8.67. The van der Waals surface area contributed by atoms with Crippen molar-refractivity contribution in [3.05, 3.63) is 66.6 Å². The maximum absolute atomic E-state index is 13.4. The van der Waals surface area contributed by atoms with Gasteiger partial charge in [-0.05, 0) is 43.2 Å². The van der Waals surface area contributed by atoms with E-state index in [1.54, 1.807) is 43.0 Å². The second kappa shape index (κ2) is 6.01. The molecule has 0 amide bonds. The van der Waals surface area contributed by atoms with Crippen LogP contribution in [0.25, 0.3) is 28.3 Å². The lowest BCUT2D eigenvalue weighted by Crippen LogP contribution is -2.24. The fourth-order valence-electron chi connectivity index (χ4n) is 3.00. The van der Waals surface area contributed by atoms with Crippen LogP contribution in [0.5, 0.6) is 0 Å². The van der Waals surface area contributed by atoms with Gasteiger partial charge in [0.2, 0.25) is 0 Å². The fourth-order valence-corrected chi connectivity index (χ4v) is 3.00. The normalized spacial score (nSPS) is 14.8. The number of halogens is 1. The molecule has 0 saturated heterocycles. The molecule has 1 fully saturated rings. The lowest BCUT2D eigenvalue weighted by atomic mass is 10.1. The summed E-state index contributed by atoms with van der Waals surface area (Å²) in [4.78, 5) is 17.4. The number of imidazole rings is 1. The van der Waals surface area contributed by atoms with Crippen LogP contribution in [0.2, 0.25) is 0 Å². The van der Waals surface area contributed by atoms with E-state index in [0.717, 1.165) is 23.1 Å². The Bertz CT molecular complexity index is 1210. The topological polar surface area (TPSA) is 80.6 Å². The van der Waals surface area contributed by atoms with Crippen LogP contribution in [0.3, 0.4) is 0 Å². The van der Waals surface area contributed by atoms with E-state index in [2.05, 4.69) is 19.9 Å². The van der Waals surface area contributed by atoms with Crippen molar-refractivity contribution in [2.45, 2.75) is 18.9 Å². The summed E-state index contributed by atoms with van der Waals surface area (Å²) in [6, 6.07) is 8.00. The summed E-state index contributed by atoms with van der Waals surface area (Å²) in [5.41, 5.74) is 3.34. The molecule has 3 aromatic heterocycles. The Hall–Kier alpha value is -3.55. The van der Waals surface area contributed by atoms with E-state index in [1.165, 1.54) is 12.1 Å². The van der Waals surface area contributed by atoms with Crippen LogP contribution in [0.4, 0.5) is 4.39 Å². The molecule has 1 N–H and O–H groups in total. The first kappa shape index (κ1) is 15.7. The van der Waals surface area contributed by atoms with Crippen molar-refractivity contribution in [2.24, 2.45) is 4.99 Å². The molecule has 7 nitrogen and oxygen atoms in total. The zero-order valence-electron chi connectivity index (χ0n) is 14.2. The van der Waals surface area contributed by atoms with Crippen LogP contribution in [0, 0.1) is 5.82 Å². The lowest BCUT2D eigenvalue weighted by molar-refractivity contribution is 0.170. The van der Waals surface area contributed by atoms with Crippen LogP contribution >= 0.6 is 0 Å². The van der Waals surface area contributed by atoms with Gasteiger partial charge in [0.25, 0.3) is 5.62 Å². The first-order chi connectivity index (χ1) is 13.2. The number of benzene rings is 1. The average Bonchev–Trinajstić information content (AvgIpc) is 3.42. The third-order valence-corrected chi connectivity index (χ3v) is 4.48. The monoisotopic (exact) mass is 362 g/mol. The molecule has 0 aliphatic heterocycles. The summed E-state index contributed by atoms with van der Waals surface area (Å²) in [7, 11) is 0. The second-order valence-corrected chi connectivity index (χ2v) is 6.42. The van der Waals surface area contributed by atoms with Crippen LogP contribution < -0.4 is 5.62 Å². The molecule has 1 aromatic carbocycles. The molecule has 3 heterocycles. The van der Waals surface area contributed by atoms with E-state index < -0.39 is 0 Å². The smallest absolute Gasteiger partial charge is 0.259 e. The highest BCUT2D eigenvalue weighted by atomic mass is 19.1. The van der Waals surface area contributed by atoms with Gasteiger partial charge in [0.1, 0.15) is 17.2 Å². The van der Waals surface area contributed by atoms with Gasteiger partial charge in [0, 0.05) is 24.2 Å². The van der Waals surface area contributed by atoms with Gasteiger partial charge in [0.05, 0.1) is 17.9 Å². The standard InChI is InChI=1S/C19H15FN6O/c20-13-3-1-12(2-4-13)17-18(25-10-9-21-11-16(25)24-17)15-7-8-22-19(26(15)27)23-14-5-6-14/h1-4,7-11,14,27H,5-6H2. The Morgan fingerprint density at radius 3 is 2.70 bits per heavy atom. The molecule has 4 aromatic rings. The molecule has 0 unspecified atom stereocenters. The van der Waals surface area contributed by atoms with Crippen molar-refractivity contribution in [3.8, 4) is 22.6 Å². The van der Waals surface area contributed by atoms with Gasteiger partial charge in [-0.25, -0.2) is 19.4 Å². The third-order valence-electron chi connectivity index (χ3n) is 4.48. The van der Waals surface area contributed by atoms with E-state index in [-0.39, 0.29) is 17.5 Å². The predicted molar refractivity (Wildman–Crippen MR) is 95.4 cm³/mol. The van der Waals surface area contributed by atoms with Gasteiger partial charge < -0.3 is 5.21 Å². The Morgan fingerprint density at radius 1 is 1.11 bits per heavy atom. The van der Waals surface area contributed by atoms with Gasteiger partial charge in [-0.15, -0.1) is 4.73 Å². The molecule has 0 spiro atoms. The number of fused-ring (bicyclic) bond motifs is 1. The van der Waals surface area contributed by atoms with E-state index in [1.807, 2.05) is 4.40 Å². The zero-order chi connectivity index (χ0) is 18.4. The largest absolute Gasteiger partial charge is 0.425 e. The molecule has 1 aliphatic carbocycles. The number of hydrogen-bond acceptors (Lipinski definition) is 5. The second-order valence-electron chi connectivity index (χ2n) is 6.42. The molecular formula is C19H15FN6O. The van der Waals surface area contributed by atoms with E-state index in [4.69, 9.17) is 0 Å². The van der Waals surface area contributed by atoms with Crippen LogP contribution in [-0.2, 0) is 0 Å². The van der Waals surface area contributed by atoms with Crippen LogP contribution in [0.1, 0.15) is 12.8 Å². The average molecular weight is 362 g/mol. The molecule has 1 aliphatic rings. The highest BCUT2D eigenvalue weighted by Gasteiger charge is 2.22. The maximum atomic E-state index is 13.4. The van der Waals surface area contributed by atoms with Gasteiger partial charge in [-0.1, -0.05) is 0 Å². The number of aromatic nitrogens is 5. The minimum absolute atomic E-state index is 0.217. The van der Waals surface area contributed by atoms with Crippen molar-refractivity contribution < 1.29 is 9.60 Å². The lowest BCUT2D eigenvalue weighted by Gasteiger charge is -2.09. The maximum Gasteiger partial charge on any atom is 0.259 e. The summed E-state index contributed by atoms with van der Waals surface area (Å²) in [5, 5.41) is 10.8. The number of nitrogens with zero attached hydrogens (tertiary/aromatic N) is 6. The van der Waals surface area contributed by atoms with Crippen molar-refractivity contribution in [1.29, 1.82) is 0 Å². The van der Waals surface area contributed by atoms with Crippen LogP contribution in [-0.4, -0.2) is 35.3 Å². The first-order valence-electron chi connectivity index (χ1n) is 8.60. The quantitative estimate of drug-likeness (QED) is 0.568. The minimum atomic E-state index is -0.322. The Balaban J connectivity index is 1.80. The molecule has 1 saturated carbocycles. The molecule has 0 atom stereocenters.